The number of fused-ring (bicyclic) bond motifs is 2. The van der Waals surface area contributed by atoms with Crippen LogP contribution in [0.25, 0.3) is 5.57 Å². The van der Waals surface area contributed by atoms with Gasteiger partial charge in [-0.3, -0.25) is 4.21 Å². The zero-order valence-electron chi connectivity index (χ0n) is 12.0. The fourth-order valence-electron chi connectivity index (χ4n) is 3.58. The molecule has 0 aromatic heterocycles. The first kappa shape index (κ1) is 14.0. The van der Waals surface area contributed by atoms with Crippen molar-refractivity contribution in [1.29, 1.82) is 0 Å². The molecule has 2 aliphatic heterocycles. The fraction of sp³-hybridized carbons (Fsp3) is 0.529. The second-order valence-electron chi connectivity index (χ2n) is 6.30. The lowest BCUT2D eigenvalue weighted by molar-refractivity contribution is 0.00654. The van der Waals surface area contributed by atoms with E-state index in [0.717, 1.165) is 36.0 Å². The van der Waals surface area contributed by atoms with Crippen molar-refractivity contribution in [2.75, 3.05) is 0 Å². The highest BCUT2D eigenvalue weighted by Gasteiger charge is 2.46. The van der Waals surface area contributed by atoms with E-state index in [1.807, 2.05) is 31.2 Å². The summed E-state index contributed by atoms with van der Waals surface area (Å²) in [5.41, 5.74) is 2.32. The molecule has 2 saturated heterocycles. The topological polar surface area (TPSA) is 37.3 Å². The molecular formula is C17H22O2S. The monoisotopic (exact) mass is 290 g/mol. The highest BCUT2D eigenvalue weighted by atomic mass is 32.2. The maximum absolute atomic E-state index is 12.3. The van der Waals surface area contributed by atoms with Crippen LogP contribution in [0, 0.1) is 0 Å². The normalized spacial score (nSPS) is 36.6. The maximum Gasteiger partial charge on any atom is 0.0919 e. The summed E-state index contributed by atoms with van der Waals surface area (Å²) in [5, 5.41) is 11.4. The third kappa shape index (κ3) is 2.38. The van der Waals surface area contributed by atoms with Crippen LogP contribution >= 0.6 is 0 Å². The molecule has 0 spiro atoms. The van der Waals surface area contributed by atoms with Gasteiger partial charge in [-0.05, 0) is 43.7 Å². The molecule has 108 valence electrons. The van der Waals surface area contributed by atoms with Crippen molar-refractivity contribution in [2.45, 2.75) is 55.1 Å². The highest BCUT2D eigenvalue weighted by Crippen LogP contribution is 2.44. The van der Waals surface area contributed by atoms with Crippen molar-refractivity contribution >= 4 is 16.4 Å². The lowest BCUT2D eigenvalue weighted by atomic mass is 9.80. The average Bonchev–Trinajstić information content (AvgIpc) is 2.41. The molecule has 20 heavy (non-hydrogen) atoms. The summed E-state index contributed by atoms with van der Waals surface area (Å²) in [6.45, 7) is 5.92. The number of hydrogen-bond acceptors (Lipinski definition) is 2. The molecule has 2 fully saturated rings. The van der Waals surface area contributed by atoms with E-state index in [1.54, 1.807) is 0 Å². The van der Waals surface area contributed by atoms with E-state index in [-0.39, 0.29) is 10.5 Å². The molecule has 2 nitrogen and oxygen atoms in total. The Kier molecular flexibility index (Phi) is 3.59. The molecule has 1 N–H and O–H groups in total. The van der Waals surface area contributed by atoms with Crippen LogP contribution in [0.2, 0.25) is 0 Å². The minimum atomic E-state index is -0.794. The van der Waals surface area contributed by atoms with E-state index in [1.165, 1.54) is 0 Å². The quantitative estimate of drug-likeness (QED) is 0.906. The first-order valence-corrected chi connectivity index (χ1v) is 8.65. The Bertz CT molecular complexity index is 531. The van der Waals surface area contributed by atoms with Crippen LogP contribution in [0.15, 0.2) is 30.8 Å². The molecule has 0 amide bonds. The predicted molar refractivity (Wildman–Crippen MR) is 83.9 cm³/mol. The summed E-state index contributed by atoms with van der Waals surface area (Å²) in [5.74, 6) is 0. The Morgan fingerprint density at radius 3 is 2.30 bits per heavy atom. The Morgan fingerprint density at radius 1 is 1.25 bits per heavy atom. The van der Waals surface area contributed by atoms with Crippen molar-refractivity contribution in [1.82, 2.24) is 0 Å². The minimum Gasteiger partial charge on any atom is -0.385 e. The van der Waals surface area contributed by atoms with Gasteiger partial charge in [-0.2, -0.15) is 0 Å². The van der Waals surface area contributed by atoms with Gasteiger partial charge in [0.15, 0.2) is 0 Å². The van der Waals surface area contributed by atoms with Gasteiger partial charge in [0.1, 0.15) is 0 Å². The molecule has 1 aromatic carbocycles. The summed E-state index contributed by atoms with van der Waals surface area (Å²) < 4.78 is 12.3. The van der Waals surface area contributed by atoms with Crippen LogP contribution in [0.4, 0.5) is 0 Å². The average molecular weight is 290 g/mol. The van der Waals surface area contributed by atoms with Crippen molar-refractivity contribution in [3.8, 4) is 0 Å². The van der Waals surface area contributed by atoms with Crippen molar-refractivity contribution in [3.63, 3.8) is 0 Å². The molecule has 0 saturated carbocycles. The molecule has 0 radical (unpaired) electrons. The molecule has 2 aliphatic rings. The van der Waals surface area contributed by atoms with E-state index >= 15 is 0 Å². The standard InChI is InChI=1S/C17H22O2S/c1-12(2)13-6-8-14(9-7-13)17(18)10-15-4-3-5-16(11-17)20(15)19/h6-9,15-16,18H,1,3-5,10-11H2,2H3. The second-order valence-corrected chi connectivity index (χ2v) is 8.29. The van der Waals surface area contributed by atoms with Crippen LogP contribution in [0.5, 0.6) is 0 Å². The van der Waals surface area contributed by atoms with Gasteiger partial charge in [-0.15, -0.1) is 0 Å². The minimum absolute atomic E-state index is 0.174. The Balaban J connectivity index is 1.89. The molecule has 2 bridgehead atoms. The Hall–Kier alpha value is -0.930. The highest BCUT2D eigenvalue weighted by molar-refractivity contribution is 7.86. The second kappa shape index (κ2) is 5.12. The van der Waals surface area contributed by atoms with Gasteiger partial charge in [0.05, 0.1) is 5.60 Å². The zero-order valence-corrected chi connectivity index (χ0v) is 12.8. The third-order valence-corrected chi connectivity index (χ3v) is 6.87. The number of hydrogen-bond donors (Lipinski definition) is 1. The van der Waals surface area contributed by atoms with Gasteiger partial charge in [0, 0.05) is 21.3 Å². The smallest absolute Gasteiger partial charge is 0.0919 e. The van der Waals surface area contributed by atoms with Gasteiger partial charge in [0.25, 0.3) is 0 Å². The largest absolute Gasteiger partial charge is 0.385 e. The van der Waals surface area contributed by atoms with Crippen molar-refractivity contribution in [3.05, 3.63) is 42.0 Å². The van der Waals surface area contributed by atoms with E-state index in [0.29, 0.717) is 12.8 Å². The summed E-state index contributed by atoms with van der Waals surface area (Å²) in [6.07, 6.45) is 4.43. The maximum atomic E-state index is 12.3. The van der Waals surface area contributed by atoms with Crippen LogP contribution in [0.3, 0.4) is 0 Å². The SMILES string of the molecule is C=C(C)c1ccc(C2(O)CC3CCCC(C2)S3=O)cc1. The van der Waals surface area contributed by atoms with Gasteiger partial charge in [0.2, 0.25) is 0 Å². The predicted octanol–water partition coefficient (Wildman–Crippen LogP) is 3.37. The number of aliphatic hydroxyl groups is 1. The zero-order chi connectivity index (χ0) is 14.3. The third-order valence-electron chi connectivity index (χ3n) is 4.76. The number of benzene rings is 1. The summed E-state index contributed by atoms with van der Waals surface area (Å²) in [4.78, 5) is 0. The van der Waals surface area contributed by atoms with E-state index in [9.17, 15) is 9.32 Å². The molecule has 3 heteroatoms. The first-order valence-electron chi connectivity index (χ1n) is 7.38. The molecule has 2 unspecified atom stereocenters. The molecule has 3 rings (SSSR count). The lowest BCUT2D eigenvalue weighted by Crippen LogP contribution is -2.47. The van der Waals surface area contributed by atoms with Crippen LogP contribution in [0.1, 0.15) is 50.2 Å². The Labute approximate surface area is 123 Å². The van der Waals surface area contributed by atoms with E-state index in [2.05, 4.69) is 6.58 Å². The Morgan fingerprint density at radius 2 is 1.80 bits per heavy atom. The first-order chi connectivity index (χ1) is 9.49. The van der Waals surface area contributed by atoms with Crippen LogP contribution in [-0.2, 0) is 16.4 Å². The number of allylic oxidation sites excluding steroid dienone is 1. The molecule has 0 aliphatic carbocycles. The molecule has 2 heterocycles. The fourth-order valence-corrected chi connectivity index (χ4v) is 5.81. The summed E-state index contributed by atoms with van der Waals surface area (Å²) >= 11 is 0. The summed E-state index contributed by atoms with van der Waals surface area (Å²) in [7, 11) is -0.742. The number of rotatable bonds is 2. The lowest BCUT2D eigenvalue weighted by Gasteiger charge is -2.43. The molecule has 2 atom stereocenters. The van der Waals surface area contributed by atoms with Gasteiger partial charge in [-0.25, -0.2) is 0 Å². The van der Waals surface area contributed by atoms with Gasteiger partial charge in [-0.1, -0.05) is 42.8 Å². The summed E-state index contributed by atoms with van der Waals surface area (Å²) in [6, 6.07) is 8.07. The van der Waals surface area contributed by atoms with Crippen molar-refractivity contribution in [2.24, 2.45) is 0 Å². The van der Waals surface area contributed by atoms with Gasteiger partial charge >= 0.3 is 0 Å². The van der Waals surface area contributed by atoms with Crippen LogP contribution in [-0.4, -0.2) is 19.8 Å². The van der Waals surface area contributed by atoms with E-state index < -0.39 is 16.4 Å². The molecule has 1 aromatic rings. The van der Waals surface area contributed by atoms with Crippen molar-refractivity contribution < 1.29 is 9.32 Å². The van der Waals surface area contributed by atoms with Crippen LogP contribution < -0.4 is 0 Å². The molecular weight excluding hydrogens is 268 g/mol. The van der Waals surface area contributed by atoms with Gasteiger partial charge < -0.3 is 5.11 Å². The van der Waals surface area contributed by atoms with E-state index in [4.69, 9.17) is 0 Å².